The fourth-order valence-corrected chi connectivity index (χ4v) is 5.22. The Morgan fingerprint density at radius 1 is 0.906 bits per heavy atom. The van der Waals surface area contributed by atoms with Gasteiger partial charge in [-0.25, -0.2) is 0 Å². The van der Waals surface area contributed by atoms with Crippen LogP contribution in [0.25, 0.3) is 17.2 Å². The van der Waals surface area contributed by atoms with Crippen molar-refractivity contribution in [1.82, 2.24) is 5.32 Å². The number of aryl methyl sites for hydroxylation is 2. The molecule has 0 aliphatic heterocycles. The van der Waals surface area contributed by atoms with Gasteiger partial charge < -0.3 is 10.6 Å². The number of amides is 1. The van der Waals surface area contributed by atoms with Crippen LogP contribution in [0.3, 0.4) is 0 Å². The minimum absolute atomic E-state index is 0.103. The van der Waals surface area contributed by atoms with Crippen molar-refractivity contribution in [2.75, 3.05) is 5.32 Å². The summed E-state index contributed by atoms with van der Waals surface area (Å²) >= 11 is 0. The largest absolute Gasteiger partial charge is 0.382 e. The van der Waals surface area contributed by atoms with Crippen molar-refractivity contribution in [2.45, 2.75) is 90.6 Å². The van der Waals surface area contributed by atoms with E-state index in [2.05, 4.69) is 73.9 Å². The molecule has 32 heavy (non-hydrogen) atoms. The maximum absolute atomic E-state index is 12.8. The van der Waals surface area contributed by atoms with Gasteiger partial charge in [-0.2, -0.15) is 0 Å². The molecule has 0 heterocycles. The first-order valence-corrected chi connectivity index (χ1v) is 12.5. The fraction of sp³-hybridized carbons (Fsp3) is 0.483. The zero-order chi connectivity index (χ0) is 22.5. The lowest BCUT2D eigenvalue weighted by Crippen LogP contribution is -2.33. The number of hydrogen-bond donors (Lipinski definition) is 2. The van der Waals surface area contributed by atoms with Gasteiger partial charge in [-0.05, 0) is 92.0 Å². The zero-order valence-electron chi connectivity index (χ0n) is 20.0. The number of rotatable bonds is 7. The number of carbonyl (C=O) groups excluding carboxylic acids is 1. The Bertz CT molecular complexity index is 961. The van der Waals surface area contributed by atoms with Crippen LogP contribution in [0.4, 0.5) is 5.69 Å². The van der Waals surface area contributed by atoms with Gasteiger partial charge in [0.1, 0.15) is 0 Å². The molecule has 1 amide bonds. The molecule has 2 N–H and O–H groups in total. The van der Waals surface area contributed by atoms with Gasteiger partial charge in [0.25, 0.3) is 0 Å². The SMILES string of the molecule is CCC(=Cc1cc(C)c(-c2ccc(NC3CCCC3)cc2)cc1C)C(=O)NC1CCCC1. The van der Waals surface area contributed by atoms with Crippen molar-refractivity contribution >= 4 is 17.7 Å². The molecular weight excluding hydrogens is 392 g/mol. The Kier molecular flexibility index (Phi) is 7.34. The smallest absolute Gasteiger partial charge is 0.247 e. The van der Waals surface area contributed by atoms with Crippen LogP contribution in [-0.2, 0) is 4.79 Å². The molecule has 3 heteroatoms. The Balaban J connectivity index is 1.50. The summed E-state index contributed by atoms with van der Waals surface area (Å²) in [7, 11) is 0. The first-order valence-electron chi connectivity index (χ1n) is 12.5. The summed E-state index contributed by atoms with van der Waals surface area (Å²) in [6, 6.07) is 14.3. The second kappa shape index (κ2) is 10.4. The van der Waals surface area contributed by atoms with Crippen molar-refractivity contribution in [1.29, 1.82) is 0 Å². The molecule has 2 aromatic rings. The molecule has 0 bridgehead atoms. The second-order valence-electron chi connectivity index (χ2n) is 9.70. The minimum atomic E-state index is 0.103. The highest BCUT2D eigenvalue weighted by molar-refractivity contribution is 5.98. The summed E-state index contributed by atoms with van der Waals surface area (Å²) < 4.78 is 0. The van der Waals surface area contributed by atoms with Crippen LogP contribution in [0.5, 0.6) is 0 Å². The van der Waals surface area contributed by atoms with Crippen molar-refractivity contribution in [3.8, 4) is 11.1 Å². The minimum Gasteiger partial charge on any atom is -0.382 e. The van der Waals surface area contributed by atoms with Gasteiger partial charge >= 0.3 is 0 Å². The Morgan fingerprint density at radius 3 is 2.16 bits per heavy atom. The highest BCUT2D eigenvalue weighted by atomic mass is 16.1. The molecule has 0 saturated heterocycles. The van der Waals surface area contributed by atoms with E-state index < -0.39 is 0 Å². The summed E-state index contributed by atoms with van der Waals surface area (Å²) in [5, 5.41) is 6.91. The summed E-state index contributed by atoms with van der Waals surface area (Å²) in [6.07, 6.45) is 12.8. The van der Waals surface area contributed by atoms with Crippen molar-refractivity contribution < 1.29 is 4.79 Å². The number of benzene rings is 2. The molecular formula is C29H38N2O. The Hall–Kier alpha value is -2.55. The first kappa shape index (κ1) is 22.6. The predicted molar refractivity (Wildman–Crippen MR) is 136 cm³/mol. The third kappa shape index (κ3) is 5.43. The van der Waals surface area contributed by atoms with E-state index in [9.17, 15) is 4.79 Å². The summed E-state index contributed by atoms with van der Waals surface area (Å²) in [5.41, 5.74) is 8.19. The molecule has 4 rings (SSSR count). The maximum atomic E-state index is 12.8. The summed E-state index contributed by atoms with van der Waals surface area (Å²) in [4.78, 5) is 12.8. The van der Waals surface area contributed by atoms with Crippen molar-refractivity contribution in [2.24, 2.45) is 0 Å². The van der Waals surface area contributed by atoms with Crippen LogP contribution in [0.15, 0.2) is 42.0 Å². The maximum Gasteiger partial charge on any atom is 0.247 e. The second-order valence-corrected chi connectivity index (χ2v) is 9.70. The van der Waals surface area contributed by atoms with Gasteiger partial charge in [-0.1, -0.05) is 56.9 Å². The van der Waals surface area contributed by atoms with Crippen LogP contribution in [0.2, 0.25) is 0 Å². The van der Waals surface area contributed by atoms with Gasteiger partial charge in [-0.15, -0.1) is 0 Å². The molecule has 0 radical (unpaired) electrons. The summed E-state index contributed by atoms with van der Waals surface area (Å²) in [6.45, 7) is 6.38. The molecule has 0 unspecified atom stereocenters. The molecule has 2 aliphatic rings. The third-order valence-electron chi connectivity index (χ3n) is 7.23. The topological polar surface area (TPSA) is 41.1 Å². The highest BCUT2D eigenvalue weighted by Crippen LogP contribution is 2.30. The molecule has 0 atom stereocenters. The van der Waals surface area contributed by atoms with Gasteiger partial charge in [-0.3, -0.25) is 4.79 Å². The fourth-order valence-electron chi connectivity index (χ4n) is 5.22. The van der Waals surface area contributed by atoms with Crippen LogP contribution >= 0.6 is 0 Å². The number of nitrogens with one attached hydrogen (secondary N) is 2. The molecule has 0 aromatic heterocycles. The lowest BCUT2D eigenvalue weighted by molar-refractivity contribution is -0.118. The Labute approximate surface area is 193 Å². The lowest BCUT2D eigenvalue weighted by atomic mass is 9.93. The lowest BCUT2D eigenvalue weighted by Gasteiger charge is -2.16. The van der Waals surface area contributed by atoms with E-state index in [1.807, 2.05) is 0 Å². The summed E-state index contributed by atoms with van der Waals surface area (Å²) in [5.74, 6) is 0.103. The molecule has 2 saturated carbocycles. The molecule has 0 spiro atoms. The van der Waals surface area contributed by atoms with E-state index in [1.54, 1.807) is 0 Å². The average molecular weight is 431 g/mol. The van der Waals surface area contributed by atoms with Gasteiger partial charge in [0.05, 0.1) is 0 Å². The quantitative estimate of drug-likeness (QED) is 0.457. The van der Waals surface area contributed by atoms with E-state index in [-0.39, 0.29) is 5.91 Å². The van der Waals surface area contributed by atoms with E-state index in [4.69, 9.17) is 0 Å². The predicted octanol–water partition coefficient (Wildman–Crippen LogP) is 7.18. The van der Waals surface area contributed by atoms with E-state index in [1.165, 1.54) is 66.5 Å². The molecule has 2 aliphatic carbocycles. The average Bonchev–Trinajstić information content (AvgIpc) is 3.49. The van der Waals surface area contributed by atoms with Crippen LogP contribution in [-0.4, -0.2) is 18.0 Å². The molecule has 2 fully saturated rings. The molecule has 170 valence electrons. The number of anilines is 1. The van der Waals surface area contributed by atoms with E-state index in [0.717, 1.165) is 30.4 Å². The highest BCUT2D eigenvalue weighted by Gasteiger charge is 2.19. The third-order valence-corrected chi connectivity index (χ3v) is 7.23. The van der Waals surface area contributed by atoms with Crippen molar-refractivity contribution in [3.63, 3.8) is 0 Å². The molecule has 2 aromatic carbocycles. The van der Waals surface area contributed by atoms with E-state index >= 15 is 0 Å². The van der Waals surface area contributed by atoms with E-state index in [0.29, 0.717) is 12.1 Å². The first-order chi connectivity index (χ1) is 15.5. The Morgan fingerprint density at radius 2 is 1.53 bits per heavy atom. The van der Waals surface area contributed by atoms with Gasteiger partial charge in [0.15, 0.2) is 0 Å². The van der Waals surface area contributed by atoms with Gasteiger partial charge in [0, 0.05) is 23.3 Å². The van der Waals surface area contributed by atoms with Crippen LogP contribution in [0.1, 0.15) is 81.4 Å². The van der Waals surface area contributed by atoms with Crippen LogP contribution < -0.4 is 10.6 Å². The van der Waals surface area contributed by atoms with Gasteiger partial charge in [0.2, 0.25) is 5.91 Å². The number of carbonyl (C=O) groups is 1. The monoisotopic (exact) mass is 430 g/mol. The zero-order valence-corrected chi connectivity index (χ0v) is 20.0. The molecule has 3 nitrogen and oxygen atoms in total. The van der Waals surface area contributed by atoms with Crippen LogP contribution in [0, 0.1) is 13.8 Å². The van der Waals surface area contributed by atoms with Crippen molar-refractivity contribution in [3.05, 3.63) is 58.7 Å². The number of hydrogen-bond acceptors (Lipinski definition) is 2. The normalized spacial score (nSPS) is 17.7. The standard InChI is InChI=1S/C29H38N2O/c1-4-22(29(32)31-26-11-7-8-12-26)19-24-17-21(3)28(18-20(24)2)23-13-15-27(16-14-23)30-25-9-5-6-10-25/h13-19,25-26,30H,4-12H2,1-3H3,(H,31,32).